The van der Waals surface area contributed by atoms with Gasteiger partial charge in [-0.05, 0) is 55.5 Å². The Morgan fingerprint density at radius 3 is 2.59 bits per heavy atom. The summed E-state index contributed by atoms with van der Waals surface area (Å²) in [5.74, 6) is 0.435. The van der Waals surface area contributed by atoms with Crippen molar-refractivity contribution in [3.8, 4) is 11.5 Å². The highest BCUT2D eigenvalue weighted by Crippen LogP contribution is 2.39. The number of fused-ring (bicyclic) bond motifs is 2. The number of hydrogen-bond donors (Lipinski definition) is 1. The molecule has 0 radical (unpaired) electrons. The van der Waals surface area contributed by atoms with Crippen LogP contribution in [-0.4, -0.2) is 18.4 Å². The molecule has 4 rings (SSSR count). The topological polar surface area (TPSA) is 58.6 Å². The van der Waals surface area contributed by atoms with Gasteiger partial charge in [-0.1, -0.05) is 35.3 Å². The summed E-state index contributed by atoms with van der Waals surface area (Å²) in [6.07, 6.45) is 0. The van der Waals surface area contributed by atoms with Gasteiger partial charge < -0.3 is 15.0 Å². The second-order valence-electron chi connectivity index (χ2n) is 6.41. The molecule has 1 N–H and O–H groups in total. The van der Waals surface area contributed by atoms with E-state index in [9.17, 15) is 9.59 Å². The summed E-state index contributed by atoms with van der Waals surface area (Å²) in [7, 11) is 0. The molecule has 3 aromatic carbocycles. The molecule has 0 aliphatic carbocycles. The first-order chi connectivity index (χ1) is 14.0. The maximum atomic E-state index is 13.1. The Labute approximate surface area is 177 Å². The standard InChI is InChI=1S/C22H16Cl2N2O3/c1-2-26-18-5-3-4-6-20(18)29-19-10-8-14(12-16(19)22(26)28)25-21(27)15-9-7-13(23)11-17(15)24/h3-12H,2H2,1H3,(H,25,27). The Morgan fingerprint density at radius 2 is 1.83 bits per heavy atom. The molecular weight excluding hydrogens is 411 g/mol. The molecule has 1 aliphatic rings. The van der Waals surface area contributed by atoms with Gasteiger partial charge >= 0.3 is 0 Å². The maximum Gasteiger partial charge on any atom is 0.262 e. The van der Waals surface area contributed by atoms with Gasteiger partial charge in [-0.25, -0.2) is 0 Å². The number of nitrogens with one attached hydrogen (secondary N) is 1. The average molecular weight is 427 g/mol. The van der Waals surface area contributed by atoms with E-state index in [1.54, 1.807) is 35.2 Å². The molecule has 1 heterocycles. The number of nitrogens with zero attached hydrogens (tertiary/aromatic N) is 1. The molecule has 0 saturated carbocycles. The smallest absolute Gasteiger partial charge is 0.262 e. The molecule has 0 unspecified atom stereocenters. The van der Waals surface area contributed by atoms with Crippen LogP contribution in [0.4, 0.5) is 11.4 Å². The van der Waals surface area contributed by atoms with Crippen LogP contribution in [0.25, 0.3) is 0 Å². The predicted molar refractivity (Wildman–Crippen MR) is 115 cm³/mol. The van der Waals surface area contributed by atoms with Gasteiger partial charge in [0.05, 0.1) is 21.8 Å². The number of rotatable bonds is 3. The number of amides is 2. The molecule has 1 aliphatic heterocycles. The molecule has 29 heavy (non-hydrogen) atoms. The van der Waals surface area contributed by atoms with Gasteiger partial charge in [0.2, 0.25) is 0 Å². The molecule has 3 aromatic rings. The van der Waals surface area contributed by atoms with Crippen molar-refractivity contribution in [1.29, 1.82) is 0 Å². The van der Waals surface area contributed by atoms with E-state index in [0.717, 1.165) is 0 Å². The fraction of sp³-hybridized carbons (Fsp3) is 0.0909. The van der Waals surface area contributed by atoms with Crippen molar-refractivity contribution in [1.82, 2.24) is 0 Å². The van der Waals surface area contributed by atoms with Crippen molar-refractivity contribution in [3.63, 3.8) is 0 Å². The Morgan fingerprint density at radius 1 is 1.03 bits per heavy atom. The Bertz CT molecular complexity index is 1130. The SMILES string of the molecule is CCN1C(=O)c2cc(NC(=O)c3ccc(Cl)cc3Cl)ccc2Oc2ccccc21. The first-order valence-corrected chi connectivity index (χ1v) is 9.72. The van der Waals surface area contributed by atoms with Crippen LogP contribution >= 0.6 is 23.2 Å². The van der Waals surface area contributed by atoms with E-state index in [1.165, 1.54) is 6.07 Å². The molecule has 0 spiro atoms. The normalized spacial score (nSPS) is 12.5. The van der Waals surface area contributed by atoms with Crippen LogP contribution < -0.4 is 15.0 Å². The minimum atomic E-state index is -0.399. The predicted octanol–water partition coefficient (Wildman–Crippen LogP) is 6.02. The summed E-state index contributed by atoms with van der Waals surface area (Å²) in [4.78, 5) is 27.4. The number of carbonyl (C=O) groups excluding carboxylic acids is 2. The highest BCUT2D eigenvalue weighted by Gasteiger charge is 2.27. The van der Waals surface area contributed by atoms with Gasteiger partial charge in [0, 0.05) is 17.3 Å². The molecule has 0 saturated heterocycles. The zero-order chi connectivity index (χ0) is 20.5. The van der Waals surface area contributed by atoms with Crippen LogP contribution in [0.2, 0.25) is 10.0 Å². The summed E-state index contributed by atoms with van der Waals surface area (Å²) in [6, 6.07) is 17.0. The zero-order valence-corrected chi connectivity index (χ0v) is 16.9. The summed E-state index contributed by atoms with van der Waals surface area (Å²) >= 11 is 12.0. The lowest BCUT2D eigenvalue weighted by Crippen LogP contribution is -2.29. The van der Waals surface area contributed by atoms with Crippen molar-refractivity contribution >= 4 is 46.4 Å². The zero-order valence-electron chi connectivity index (χ0n) is 15.4. The highest BCUT2D eigenvalue weighted by atomic mass is 35.5. The van der Waals surface area contributed by atoms with Crippen molar-refractivity contribution in [3.05, 3.63) is 81.8 Å². The van der Waals surface area contributed by atoms with Crippen LogP contribution in [0.1, 0.15) is 27.6 Å². The van der Waals surface area contributed by atoms with Crippen molar-refractivity contribution in [2.45, 2.75) is 6.92 Å². The Hall–Kier alpha value is -3.02. The van der Waals surface area contributed by atoms with Gasteiger partial charge in [-0.2, -0.15) is 0 Å². The molecule has 146 valence electrons. The lowest BCUT2D eigenvalue weighted by atomic mass is 10.1. The summed E-state index contributed by atoms with van der Waals surface area (Å²) in [5.41, 5.74) is 1.81. The van der Waals surface area contributed by atoms with E-state index < -0.39 is 5.91 Å². The van der Waals surface area contributed by atoms with Crippen LogP contribution in [0.5, 0.6) is 11.5 Å². The lowest BCUT2D eigenvalue weighted by molar-refractivity contribution is 0.0985. The Kier molecular flexibility index (Phi) is 5.18. The van der Waals surface area contributed by atoms with Crippen molar-refractivity contribution in [2.75, 3.05) is 16.8 Å². The number of hydrogen-bond acceptors (Lipinski definition) is 3. The fourth-order valence-electron chi connectivity index (χ4n) is 3.19. The van der Waals surface area contributed by atoms with E-state index in [4.69, 9.17) is 27.9 Å². The quantitative estimate of drug-likeness (QED) is 0.556. The molecule has 0 aromatic heterocycles. The molecule has 2 amide bonds. The molecule has 0 fully saturated rings. The van der Waals surface area contributed by atoms with Gasteiger partial charge in [-0.15, -0.1) is 0 Å². The Balaban J connectivity index is 1.68. The minimum Gasteiger partial charge on any atom is -0.454 e. The molecule has 5 nitrogen and oxygen atoms in total. The molecule has 0 atom stereocenters. The highest BCUT2D eigenvalue weighted by molar-refractivity contribution is 6.37. The number of benzene rings is 3. The van der Waals surface area contributed by atoms with E-state index in [2.05, 4.69) is 5.32 Å². The third-order valence-corrected chi connectivity index (χ3v) is 5.13. The second-order valence-corrected chi connectivity index (χ2v) is 7.25. The van der Waals surface area contributed by atoms with E-state index in [0.29, 0.717) is 40.0 Å². The van der Waals surface area contributed by atoms with Gasteiger partial charge in [0.1, 0.15) is 5.75 Å². The van der Waals surface area contributed by atoms with Crippen LogP contribution in [-0.2, 0) is 0 Å². The average Bonchev–Trinajstić information content (AvgIpc) is 2.81. The monoisotopic (exact) mass is 426 g/mol. The molecule has 0 bridgehead atoms. The summed E-state index contributed by atoms with van der Waals surface area (Å²) in [6.45, 7) is 2.38. The van der Waals surface area contributed by atoms with Gasteiger partial charge in [0.15, 0.2) is 5.75 Å². The molecule has 7 heteroatoms. The van der Waals surface area contributed by atoms with Crippen molar-refractivity contribution in [2.24, 2.45) is 0 Å². The first kappa shape index (κ1) is 19.3. The van der Waals surface area contributed by atoms with E-state index in [-0.39, 0.29) is 16.5 Å². The number of para-hydroxylation sites is 2. The largest absolute Gasteiger partial charge is 0.454 e. The van der Waals surface area contributed by atoms with Crippen LogP contribution in [0.15, 0.2) is 60.7 Å². The number of carbonyl (C=O) groups is 2. The molecular formula is C22H16Cl2N2O3. The second kappa shape index (κ2) is 7.78. The minimum absolute atomic E-state index is 0.201. The van der Waals surface area contributed by atoms with E-state index in [1.807, 2.05) is 31.2 Å². The van der Waals surface area contributed by atoms with Crippen LogP contribution in [0.3, 0.4) is 0 Å². The fourth-order valence-corrected chi connectivity index (χ4v) is 3.68. The number of anilines is 2. The third-order valence-electron chi connectivity index (χ3n) is 4.58. The van der Waals surface area contributed by atoms with Gasteiger partial charge in [0.25, 0.3) is 11.8 Å². The summed E-state index contributed by atoms with van der Waals surface area (Å²) < 4.78 is 5.97. The third kappa shape index (κ3) is 3.67. The maximum absolute atomic E-state index is 13.1. The van der Waals surface area contributed by atoms with E-state index >= 15 is 0 Å². The van der Waals surface area contributed by atoms with Crippen molar-refractivity contribution < 1.29 is 14.3 Å². The van der Waals surface area contributed by atoms with Crippen LogP contribution in [0, 0.1) is 0 Å². The lowest BCUT2D eigenvalue weighted by Gasteiger charge is -2.19. The van der Waals surface area contributed by atoms with Gasteiger partial charge in [-0.3, -0.25) is 9.59 Å². The number of ether oxygens (including phenoxy) is 1. The summed E-state index contributed by atoms with van der Waals surface area (Å²) in [5, 5.41) is 3.46. The first-order valence-electron chi connectivity index (χ1n) is 8.97. The number of halogens is 2.